The minimum Gasteiger partial charge on any atom is -0.350 e. The molecule has 0 saturated carbocycles. The number of hydrogen-bond donors (Lipinski definition) is 2. The van der Waals surface area contributed by atoms with Crippen LogP contribution in [-0.2, 0) is 0 Å². The second-order valence-electron chi connectivity index (χ2n) is 3.56. The molecule has 0 aliphatic rings. The molecule has 0 spiro atoms. The molecule has 2 rings (SSSR count). The zero-order chi connectivity index (χ0) is 11.2. The van der Waals surface area contributed by atoms with Crippen LogP contribution < -0.4 is 5.32 Å². The van der Waals surface area contributed by atoms with Crippen molar-refractivity contribution in [1.82, 2.24) is 10.3 Å². The maximum atomic E-state index is 3.67. The van der Waals surface area contributed by atoms with E-state index in [4.69, 9.17) is 0 Å². The van der Waals surface area contributed by atoms with Crippen LogP contribution in [-0.4, -0.2) is 23.8 Å². The molecule has 0 atom stereocenters. The highest BCUT2D eigenvalue weighted by Gasteiger charge is 1.99. The van der Waals surface area contributed by atoms with E-state index < -0.39 is 0 Å². The molecule has 2 aromatic rings. The minimum absolute atomic E-state index is 0.882. The van der Waals surface area contributed by atoms with Gasteiger partial charge in [-0.1, -0.05) is 24.3 Å². The monoisotopic (exact) mass is 232 g/mol. The van der Waals surface area contributed by atoms with E-state index in [1.54, 1.807) is 0 Å². The molecule has 1 aromatic heterocycles. The van der Waals surface area contributed by atoms with Crippen LogP contribution in [0.2, 0.25) is 0 Å². The smallest absolute Gasteiger partial charge is 0.0732 e. The number of aromatic amines is 1. The van der Waals surface area contributed by atoms with Crippen LogP contribution >= 0.6 is 11.8 Å². The van der Waals surface area contributed by atoms with Gasteiger partial charge in [0.15, 0.2) is 0 Å². The first-order chi connectivity index (χ1) is 7.90. The zero-order valence-corrected chi connectivity index (χ0v) is 10.0. The summed E-state index contributed by atoms with van der Waals surface area (Å²) in [7, 11) is 0. The van der Waals surface area contributed by atoms with Crippen molar-refractivity contribution in [2.45, 2.75) is 5.03 Å². The number of nitrogens with one attached hydrogen (secondary N) is 2. The van der Waals surface area contributed by atoms with Gasteiger partial charge in [-0.2, -0.15) is 0 Å². The molecule has 0 radical (unpaired) electrons. The number of para-hydroxylation sites is 1. The summed E-state index contributed by atoms with van der Waals surface area (Å²) in [6, 6.07) is 10.6. The summed E-state index contributed by atoms with van der Waals surface area (Å²) in [5.74, 6) is 1.07. The van der Waals surface area contributed by atoms with Gasteiger partial charge in [-0.15, -0.1) is 18.3 Å². The Balaban J connectivity index is 1.87. The molecule has 1 heterocycles. The highest BCUT2D eigenvalue weighted by Crippen LogP contribution is 2.22. The standard InChI is InChI=1S/C13H16N2S/c1-2-7-14-8-9-16-13-10-11-5-3-4-6-12(11)15-13/h2-6,10,14-15H,1,7-9H2. The summed E-state index contributed by atoms with van der Waals surface area (Å²) in [6.45, 7) is 5.56. The van der Waals surface area contributed by atoms with Gasteiger partial charge < -0.3 is 10.3 Å². The average molecular weight is 232 g/mol. The van der Waals surface area contributed by atoms with Gasteiger partial charge in [-0.25, -0.2) is 0 Å². The molecular weight excluding hydrogens is 216 g/mol. The summed E-state index contributed by atoms with van der Waals surface area (Å²) >= 11 is 1.84. The first-order valence-electron chi connectivity index (χ1n) is 5.42. The van der Waals surface area contributed by atoms with E-state index in [0.29, 0.717) is 0 Å². The number of hydrogen-bond acceptors (Lipinski definition) is 2. The fourth-order valence-electron chi connectivity index (χ4n) is 1.56. The number of benzene rings is 1. The van der Waals surface area contributed by atoms with E-state index in [1.807, 2.05) is 17.8 Å². The maximum absolute atomic E-state index is 3.67. The van der Waals surface area contributed by atoms with E-state index in [1.165, 1.54) is 15.9 Å². The summed E-state index contributed by atoms with van der Waals surface area (Å²) in [5, 5.41) is 5.81. The lowest BCUT2D eigenvalue weighted by molar-refractivity contribution is 0.806. The quantitative estimate of drug-likeness (QED) is 0.455. The largest absolute Gasteiger partial charge is 0.350 e. The van der Waals surface area contributed by atoms with Crippen molar-refractivity contribution in [1.29, 1.82) is 0 Å². The second-order valence-corrected chi connectivity index (χ2v) is 4.70. The van der Waals surface area contributed by atoms with Gasteiger partial charge in [0.2, 0.25) is 0 Å². The van der Waals surface area contributed by atoms with Crippen LogP contribution in [0.1, 0.15) is 0 Å². The van der Waals surface area contributed by atoms with Crippen molar-refractivity contribution >= 4 is 22.7 Å². The molecule has 3 heteroatoms. The first-order valence-corrected chi connectivity index (χ1v) is 6.41. The summed E-state index contributed by atoms with van der Waals surface area (Å²) in [6.07, 6.45) is 1.88. The lowest BCUT2D eigenvalue weighted by Gasteiger charge is -1.99. The molecule has 1 aromatic carbocycles. The van der Waals surface area contributed by atoms with E-state index in [9.17, 15) is 0 Å². The molecule has 84 valence electrons. The fraction of sp³-hybridized carbons (Fsp3) is 0.231. The minimum atomic E-state index is 0.882. The maximum Gasteiger partial charge on any atom is 0.0732 e. The molecule has 2 nitrogen and oxygen atoms in total. The Labute approximate surface area is 100 Å². The average Bonchev–Trinajstić information content (AvgIpc) is 2.71. The zero-order valence-electron chi connectivity index (χ0n) is 9.20. The Hall–Kier alpha value is -1.19. The van der Waals surface area contributed by atoms with E-state index in [-0.39, 0.29) is 0 Å². The van der Waals surface area contributed by atoms with Gasteiger partial charge in [0.05, 0.1) is 5.03 Å². The lowest BCUT2D eigenvalue weighted by atomic mass is 10.3. The lowest BCUT2D eigenvalue weighted by Crippen LogP contribution is -2.16. The highest BCUT2D eigenvalue weighted by molar-refractivity contribution is 7.99. The van der Waals surface area contributed by atoms with Gasteiger partial charge >= 0.3 is 0 Å². The summed E-state index contributed by atoms with van der Waals surface area (Å²) in [4.78, 5) is 3.40. The van der Waals surface area contributed by atoms with Crippen molar-refractivity contribution in [2.24, 2.45) is 0 Å². The van der Waals surface area contributed by atoms with Crippen LogP contribution in [0.25, 0.3) is 10.9 Å². The van der Waals surface area contributed by atoms with Crippen molar-refractivity contribution in [3.63, 3.8) is 0 Å². The summed E-state index contributed by atoms with van der Waals surface area (Å²) in [5.41, 5.74) is 1.21. The SMILES string of the molecule is C=CCNCCSc1cc2ccccc2[nH]1. The Kier molecular flexibility index (Phi) is 4.08. The second kappa shape index (κ2) is 5.77. The first kappa shape index (κ1) is 11.3. The Morgan fingerprint density at radius 1 is 1.38 bits per heavy atom. The van der Waals surface area contributed by atoms with Crippen LogP contribution in [0.15, 0.2) is 48.0 Å². The predicted molar refractivity (Wildman–Crippen MR) is 72.1 cm³/mol. The molecule has 0 unspecified atom stereocenters. The van der Waals surface area contributed by atoms with Crippen LogP contribution in [0, 0.1) is 0 Å². The van der Waals surface area contributed by atoms with Crippen LogP contribution in [0.5, 0.6) is 0 Å². The van der Waals surface area contributed by atoms with Crippen molar-refractivity contribution in [3.05, 3.63) is 43.0 Å². The molecule has 16 heavy (non-hydrogen) atoms. The number of H-pyrrole nitrogens is 1. The van der Waals surface area contributed by atoms with Gasteiger partial charge in [0.25, 0.3) is 0 Å². The number of rotatable bonds is 6. The van der Waals surface area contributed by atoms with Crippen LogP contribution in [0.4, 0.5) is 0 Å². The third-order valence-corrected chi connectivity index (χ3v) is 3.27. The van der Waals surface area contributed by atoms with E-state index >= 15 is 0 Å². The Morgan fingerprint density at radius 3 is 3.06 bits per heavy atom. The normalized spacial score (nSPS) is 10.8. The van der Waals surface area contributed by atoms with Gasteiger partial charge in [0.1, 0.15) is 0 Å². The molecular formula is C13H16N2S. The van der Waals surface area contributed by atoms with Crippen molar-refractivity contribution in [2.75, 3.05) is 18.8 Å². The van der Waals surface area contributed by atoms with Gasteiger partial charge in [-0.3, -0.25) is 0 Å². The molecule has 0 saturated heterocycles. The van der Waals surface area contributed by atoms with E-state index in [0.717, 1.165) is 18.8 Å². The van der Waals surface area contributed by atoms with Gasteiger partial charge in [0, 0.05) is 29.7 Å². The molecule has 2 N–H and O–H groups in total. The molecule has 0 aliphatic carbocycles. The number of aromatic nitrogens is 1. The van der Waals surface area contributed by atoms with Gasteiger partial charge in [-0.05, 0) is 12.1 Å². The molecule has 0 fully saturated rings. The third kappa shape index (κ3) is 2.90. The molecule has 0 amide bonds. The van der Waals surface area contributed by atoms with Crippen molar-refractivity contribution < 1.29 is 0 Å². The van der Waals surface area contributed by atoms with E-state index in [2.05, 4.69) is 47.2 Å². The molecule has 0 bridgehead atoms. The van der Waals surface area contributed by atoms with Crippen molar-refractivity contribution in [3.8, 4) is 0 Å². The highest BCUT2D eigenvalue weighted by atomic mass is 32.2. The summed E-state index contributed by atoms with van der Waals surface area (Å²) < 4.78 is 0. The fourth-order valence-corrected chi connectivity index (χ4v) is 2.42. The number of thioether (sulfide) groups is 1. The van der Waals surface area contributed by atoms with Crippen LogP contribution in [0.3, 0.4) is 0 Å². The molecule has 0 aliphatic heterocycles. The third-order valence-electron chi connectivity index (χ3n) is 2.33. The number of fused-ring (bicyclic) bond motifs is 1. The predicted octanol–water partition coefficient (Wildman–Crippen LogP) is 3.04. The Morgan fingerprint density at radius 2 is 2.25 bits per heavy atom. The Bertz CT molecular complexity index is 429. The topological polar surface area (TPSA) is 27.8 Å².